The molecule has 1 saturated heterocycles. The molecule has 0 spiro atoms. The van der Waals surface area contributed by atoms with Gasteiger partial charge in [0.25, 0.3) is 0 Å². The summed E-state index contributed by atoms with van der Waals surface area (Å²) in [5.41, 5.74) is 7.91. The van der Waals surface area contributed by atoms with Crippen LogP contribution in [0.25, 0.3) is 0 Å². The molecule has 21 heavy (non-hydrogen) atoms. The molecule has 0 unspecified atom stereocenters. The highest BCUT2D eigenvalue weighted by Gasteiger charge is 2.17. The molecule has 1 aliphatic heterocycles. The van der Waals surface area contributed by atoms with E-state index in [0.717, 1.165) is 31.1 Å². The number of hydrogen-bond donors (Lipinski definition) is 1. The molecular weight excluding hydrogens is 258 g/mol. The van der Waals surface area contributed by atoms with Gasteiger partial charge in [-0.05, 0) is 17.5 Å². The number of rotatable bonds is 4. The molecule has 3 heteroatoms. The van der Waals surface area contributed by atoms with E-state index in [1.807, 2.05) is 6.07 Å². The van der Waals surface area contributed by atoms with Crippen LogP contribution in [-0.2, 0) is 6.54 Å². The molecule has 1 fully saturated rings. The first-order chi connectivity index (χ1) is 10.2. The Kier molecular flexibility index (Phi) is 6.25. The standard InChI is InChI=1S/C18H27N3/c1-16(2)14-20-10-12-21(13-11-20)15-18-7-4-3-6-17(18)8-5-9-19/h3-4,6-7,16H,9-15,19H2,1-2H3. The van der Waals surface area contributed by atoms with Crippen LogP contribution in [0, 0.1) is 17.8 Å². The van der Waals surface area contributed by atoms with Crippen molar-refractivity contribution in [2.24, 2.45) is 11.7 Å². The van der Waals surface area contributed by atoms with Crippen molar-refractivity contribution in [2.75, 3.05) is 39.3 Å². The van der Waals surface area contributed by atoms with Crippen molar-refractivity contribution in [3.8, 4) is 11.8 Å². The Morgan fingerprint density at radius 2 is 1.76 bits per heavy atom. The summed E-state index contributed by atoms with van der Waals surface area (Å²) in [5.74, 6) is 6.90. The average molecular weight is 285 g/mol. The Balaban J connectivity index is 1.92. The minimum atomic E-state index is 0.419. The lowest BCUT2D eigenvalue weighted by atomic mass is 10.1. The minimum Gasteiger partial charge on any atom is -0.320 e. The third kappa shape index (κ3) is 5.17. The quantitative estimate of drug-likeness (QED) is 0.856. The van der Waals surface area contributed by atoms with Crippen LogP contribution in [0.1, 0.15) is 25.0 Å². The SMILES string of the molecule is CC(C)CN1CCN(Cc2ccccc2C#CCN)CC1. The van der Waals surface area contributed by atoms with Gasteiger partial charge >= 0.3 is 0 Å². The topological polar surface area (TPSA) is 32.5 Å². The third-order valence-electron chi connectivity index (χ3n) is 3.82. The van der Waals surface area contributed by atoms with Crippen LogP contribution < -0.4 is 5.73 Å². The Bertz CT molecular complexity index is 491. The van der Waals surface area contributed by atoms with Crippen LogP contribution in [0.4, 0.5) is 0 Å². The summed E-state index contributed by atoms with van der Waals surface area (Å²) < 4.78 is 0. The fourth-order valence-electron chi connectivity index (χ4n) is 2.81. The zero-order chi connectivity index (χ0) is 15.1. The Morgan fingerprint density at radius 3 is 2.43 bits per heavy atom. The summed E-state index contributed by atoms with van der Waals surface area (Å²) in [5, 5.41) is 0. The van der Waals surface area contributed by atoms with E-state index in [4.69, 9.17) is 5.73 Å². The van der Waals surface area contributed by atoms with Gasteiger partial charge in [0.2, 0.25) is 0 Å². The molecule has 0 radical (unpaired) electrons. The van der Waals surface area contributed by atoms with Crippen molar-refractivity contribution in [1.29, 1.82) is 0 Å². The lowest BCUT2D eigenvalue weighted by Crippen LogP contribution is -2.46. The molecule has 2 N–H and O–H groups in total. The summed E-state index contributed by atoms with van der Waals surface area (Å²) in [6.45, 7) is 11.8. The van der Waals surface area contributed by atoms with E-state index >= 15 is 0 Å². The van der Waals surface area contributed by atoms with Gasteiger partial charge in [-0.25, -0.2) is 0 Å². The lowest BCUT2D eigenvalue weighted by molar-refractivity contribution is 0.117. The van der Waals surface area contributed by atoms with Crippen molar-refractivity contribution < 1.29 is 0 Å². The first-order valence-corrected chi connectivity index (χ1v) is 7.90. The second kappa shape index (κ2) is 8.19. The summed E-state index contributed by atoms with van der Waals surface area (Å²) in [6, 6.07) is 8.41. The third-order valence-corrected chi connectivity index (χ3v) is 3.82. The van der Waals surface area contributed by atoms with Gasteiger partial charge in [0, 0.05) is 44.8 Å². The fraction of sp³-hybridized carbons (Fsp3) is 0.556. The van der Waals surface area contributed by atoms with Crippen molar-refractivity contribution in [3.63, 3.8) is 0 Å². The van der Waals surface area contributed by atoms with Crippen molar-refractivity contribution in [1.82, 2.24) is 9.80 Å². The fourth-order valence-corrected chi connectivity index (χ4v) is 2.81. The van der Waals surface area contributed by atoms with E-state index in [-0.39, 0.29) is 0 Å². The lowest BCUT2D eigenvalue weighted by Gasteiger charge is -2.35. The number of nitrogens with two attached hydrogens (primary N) is 1. The van der Waals surface area contributed by atoms with Gasteiger partial charge in [0.1, 0.15) is 0 Å². The van der Waals surface area contributed by atoms with Gasteiger partial charge in [-0.1, -0.05) is 43.9 Å². The molecule has 3 nitrogen and oxygen atoms in total. The maximum Gasteiger partial charge on any atom is 0.0555 e. The molecule has 0 aromatic heterocycles. The van der Waals surface area contributed by atoms with E-state index in [1.54, 1.807) is 0 Å². The predicted molar refractivity (Wildman–Crippen MR) is 88.9 cm³/mol. The number of hydrogen-bond acceptors (Lipinski definition) is 3. The number of piperazine rings is 1. The van der Waals surface area contributed by atoms with Crippen LogP contribution in [0.5, 0.6) is 0 Å². The van der Waals surface area contributed by atoms with Gasteiger partial charge in [-0.3, -0.25) is 4.90 Å². The van der Waals surface area contributed by atoms with Gasteiger partial charge in [-0.2, -0.15) is 0 Å². The average Bonchev–Trinajstić information content (AvgIpc) is 2.48. The second-order valence-electron chi connectivity index (χ2n) is 6.13. The normalized spacial score (nSPS) is 16.8. The second-order valence-corrected chi connectivity index (χ2v) is 6.13. The van der Waals surface area contributed by atoms with Gasteiger partial charge in [-0.15, -0.1) is 0 Å². The molecular formula is C18H27N3. The Hall–Kier alpha value is -1.34. The van der Waals surface area contributed by atoms with Crippen LogP contribution in [-0.4, -0.2) is 49.1 Å². The van der Waals surface area contributed by atoms with E-state index in [1.165, 1.54) is 25.2 Å². The molecule has 1 aromatic rings. The minimum absolute atomic E-state index is 0.419. The molecule has 1 aromatic carbocycles. The van der Waals surface area contributed by atoms with E-state index in [2.05, 4.69) is 53.7 Å². The summed E-state index contributed by atoms with van der Waals surface area (Å²) >= 11 is 0. The summed E-state index contributed by atoms with van der Waals surface area (Å²) in [4.78, 5) is 5.10. The predicted octanol–water partition coefficient (Wildman–Crippen LogP) is 1.77. The number of nitrogens with zero attached hydrogens (tertiary/aromatic N) is 2. The van der Waals surface area contributed by atoms with Crippen molar-refractivity contribution in [2.45, 2.75) is 20.4 Å². The molecule has 0 atom stereocenters. The Morgan fingerprint density at radius 1 is 1.10 bits per heavy atom. The van der Waals surface area contributed by atoms with E-state index < -0.39 is 0 Å². The maximum atomic E-state index is 5.48. The molecule has 1 aliphatic rings. The highest BCUT2D eigenvalue weighted by Crippen LogP contribution is 2.13. The molecule has 2 rings (SSSR count). The highest BCUT2D eigenvalue weighted by molar-refractivity contribution is 5.41. The van der Waals surface area contributed by atoms with Crippen molar-refractivity contribution in [3.05, 3.63) is 35.4 Å². The number of benzene rings is 1. The van der Waals surface area contributed by atoms with Gasteiger partial charge in [0.15, 0.2) is 0 Å². The summed E-state index contributed by atoms with van der Waals surface area (Å²) in [6.07, 6.45) is 0. The first-order valence-electron chi connectivity index (χ1n) is 7.90. The molecule has 114 valence electrons. The zero-order valence-electron chi connectivity index (χ0n) is 13.3. The summed E-state index contributed by atoms with van der Waals surface area (Å²) in [7, 11) is 0. The molecule has 1 heterocycles. The molecule has 0 aliphatic carbocycles. The van der Waals surface area contributed by atoms with Gasteiger partial charge < -0.3 is 10.6 Å². The molecule has 0 amide bonds. The van der Waals surface area contributed by atoms with E-state index in [0.29, 0.717) is 6.54 Å². The largest absolute Gasteiger partial charge is 0.320 e. The monoisotopic (exact) mass is 285 g/mol. The van der Waals surface area contributed by atoms with Gasteiger partial charge in [0.05, 0.1) is 6.54 Å². The first kappa shape index (κ1) is 16.0. The van der Waals surface area contributed by atoms with Crippen LogP contribution in [0.3, 0.4) is 0 Å². The molecule has 0 bridgehead atoms. The maximum absolute atomic E-state index is 5.48. The smallest absolute Gasteiger partial charge is 0.0555 e. The van der Waals surface area contributed by atoms with Crippen LogP contribution in [0.15, 0.2) is 24.3 Å². The van der Waals surface area contributed by atoms with Crippen molar-refractivity contribution >= 4 is 0 Å². The molecule has 0 saturated carbocycles. The highest BCUT2D eigenvalue weighted by atomic mass is 15.3. The van der Waals surface area contributed by atoms with Crippen LogP contribution in [0.2, 0.25) is 0 Å². The zero-order valence-corrected chi connectivity index (χ0v) is 13.3. The van der Waals surface area contributed by atoms with Crippen LogP contribution >= 0.6 is 0 Å². The van der Waals surface area contributed by atoms with E-state index in [9.17, 15) is 0 Å². The Labute approximate surface area is 129 Å².